The summed E-state index contributed by atoms with van der Waals surface area (Å²) in [7, 11) is 1.50. The molecule has 0 unspecified atom stereocenters. The first kappa shape index (κ1) is 17.1. The maximum Gasteiger partial charge on any atom is 0.438 e. The first-order valence-corrected chi connectivity index (χ1v) is 7.42. The first-order valence-electron chi connectivity index (χ1n) is 7.42. The molecule has 2 aromatic carbocycles. The number of hydrogen-bond donors (Lipinski definition) is 1. The Morgan fingerprint density at radius 1 is 1.27 bits per heavy atom. The number of benzene rings is 2. The zero-order chi connectivity index (χ0) is 18.8. The third kappa shape index (κ3) is 3.11. The molecule has 0 aliphatic rings. The van der Waals surface area contributed by atoms with Crippen molar-refractivity contribution in [2.45, 2.75) is 6.92 Å². The van der Waals surface area contributed by atoms with Gasteiger partial charge >= 0.3 is 5.82 Å². The van der Waals surface area contributed by atoms with Crippen LogP contribution in [-0.4, -0.2) is 32.0 Å². The van der Waals surface area contributed by atoms with Crippen molar-refractivity contribution >= 4 is 11.5 Å². The average Bonchev–Trinajstić information content (AvgIpc) is 2.95. The van der Waals surface area contributed by atoms with Crippen LogP contribution < -0.4 is 10.2 Å². The van der Waals surface area contributed by atoms with Crippen LogP contribution >= 0.6 is 0 Å². The molecule has 1 heterocycles. The van der Waals surface area contributed by atoms with Crippen molar-refractivity contribution in [3.05, 3.63) is 69.4 Å². The van der Waals surface area contributed by atoms with Gasteiger partial charge in [0.05, 0.1) is 17.9 Å². The minimum absolute atomic E-state index is 0.105. The fraction of sp³-hybridized carbons (Fsp3) is 0.125. The van der Waals surface area contributed by atoms with Crippen LogP contribution in [0.2, 0.25) is 0 Å². The van der Waals surface area contributed by atoms with E-state index in [1.165, 1.54) is 19.2 Å². The second-order valence-electron chi connectivity index (χ2n) is 5.33. The van der Waals surface area contributed by atoms with Gasteiger partial charge in [0.1, 0.15) is 17.3 Å². The van der Waals surface area contributed by atoms with E-state index >= 15 is 0 Å². The van der Waals surface area contributed by atoms with Crippen molar-refractivity contribution in [3.63, 3.8) is 0 Å². The van der Waals surface area contributed by atoms with Crippen LogP contribution in [0.25, 0.3) is 5.69 Å². The molecule has 0 atom stereocenters. The Labute approximate surface area is 146 Å². The molecule has 0 saturated carbocycles. The van der Waals surface area contributed by atoms with Crippen molar-refractivity contribution in [1.29, 1.82) is 0 Å². The molecule has 0 bridgehead atoms. The highest BCUT2D eigenvalue weighted by molar-refractivity contribution is 5.40. The number of halogens is 1. The van der Waals surface area contributed by atoms with Gasteiger partial charge in [-0.2, -0.15) is 0 Å². The number of hydrogen-bond acceptors (Lipinski definition) is 6. The topological polar surface area (TPSA) is 108 Å². The van der Waals surface area contributed by atoms with Gasteiger partial charge in [0.2, 0.25) is 0 Å². The maximum atomic E-state index is 13.7. The summed E-state index contributed by atoms with van der Waals surface area (Å²) in [5.41, 5.74) is 0.416. The molecule has 3 rings (SSSR count). The Morgan fingerprint density at radius 3 is 2.54 bits per heavy atom. The molecule has 0 aliphatic carbocycles. The second-order valence-corrected chi connectivity index (χ2v) is 5.33. The van der Waals surface area contributed by atoms with Crippen LogP contribution in [0, 0.1) is 22.9 Å². The third-order valence-corrected chi connectivity index (χ3v) is 3.63. The summed E-state index contributed by atoms with van der Waals surface area (Å²) in [5.74, 6) is -0.620. The van der Waals surface area contributed by atoms with E-state index in [1.807, 2.05) is 0 Å². The molecule has 1 N–H and O–H groups in total. The fourth-order valence-electron chi connectivity index (χ4n) is 2.23. The molecule has 10 heteroatoms. The highest BCUT2D eigenvalue weighted by atomic mass is 19.1. The van der Waals surface area contributed by atoms with E-state index in [0.717, 1.165) is 10.9 Å². The van der Waals surface area contributed by atoms with E-state index in [0.29, 0.717) is 21.8 Å². The molecule has 134 valence electrons. The molecule has 26 heavy (non-hydrogen) atoms. The van der Waals surface area contributed by atoms with Crippen molar-refractivity contribution in [2.24, 2.45) is 4.99 Å². The van der Waals surface area contributed by atoms with Gasteiger partial charge in [0.25, 0.3) is 5.49 Å². The predicted octanol–water partition coefficient (Wildman–Crippen LogP) is 2.51. The molecule has 3 aromatic rings. The number of methoxy groups -OCH3 is 1. The number of nitro groups is 1. The van der Waals surface area contributed by atoms with Gasteiger partial charge < -0.3 is 20.1 Å². The molecular weight excluding hydrogens is 345 g/mol. The lowest BCUT2D eigenvalue weighted by atomic mass is 10.2. The van der Waals surface area contributed by atoms with E-state index in [1.54, 1.807) is 31.2 Å². The van der Waals surface area contributed by atoms with Crippen LogP contribution in [0.4, 0.5) is 15.9 Å². The van der Waals surface area contributed by atoms with Crippen LogP contribution in [0.1, 0.15) is 5.56 Å². The zero-order valence-corrected chi connectivity index (χ0v) is 13.8. The minimum atomic E-state index is -0.782. The normalized spacial score (nSPS) is 11.6. The number of ether oxygens (including phenoxy) is 1. The van der Waals surface area contributed by atoms with E-state index in [9.17, 15) is 19.7 Å². The van der Waals surface area contributed by atoms with Crippen molar-refractivity contribution in [1.82, 2.24) is 14.7 Å². The lowest BCUT2D eigenvalue weighted by Gasteiger charge is -2.02. The molecular formula is C16H14FN5O4. The van der Waals surface area contributed by atoms with Crippen LogP contribution in [0.3, 0.4) is 0 Å². The number of aromatic nitrogens is 3. The fourth-order valence-corrected chi connectivity index (χ4v) is 2.23. The predicted molar refractivity (Wildman–Crippen MR) is 88.3 cm³/mol. The summed E-state index contributed by atoms with van der Waals surface area (Å²) < 4.78 is 18.7. The molecule has 0 aliphatic heterocycles. The van der Waals surface area contributed by atoms with Crippen molar-refractivity contribution in [2.75, 3.05) is 7.11 Å². The largest absolute Gasteiger partial charge is 0.497 e. The van der Waals surface area contributed by atoms with Crippen molar-refractivity contribution in [3.8, 4) is 11.4 Å². The second kappa shape index (κ2) is 6.67. The lowest BCUT2D eigenvalue weighted by Crippen LogP contribution is -2.22. The van der Waals surface area contributed by atoms with Gasteiger partial charge in [0.15, 0.2) is 0 Å². The summed E-state index contributed by atoms with van der Waals surface area (Å²) in [5, 5.41) is 25.4. The zero-order valence-electron chi connectivity index (χ0n) is 13.8. The maximum absolute atomic E-state index is 13.7. The number of rotatable bonds is 4. The monoisotopic (exact) mass is 359 g/mol. The Bertz CT molecular complexity index is 1040. The third-order valence-electron chi connectivity index (χ3n) is 3.63. The molecule has 0 fully saturated rings. The van der Waals surface area contributed by atoms with Crippen LogP contribution in [-0.2, 0) is 0 Å². The highest BCUT2D eigenvalue weighted by Gasteiger charge is 2.24. The molecule has 1 aromatic heterocycles. The molecule has 0 saturated heterocycles. The summed E-state index contributed by atoms with van der Waals surface area (Å²) in [6.07, 6.45) is 0. The summed E-state index contributed by atoms with van der Waals surface area (Å²) in [6, 6.07) is 10.4. The number of nitrogens with zero attached hydrogens (tertiary/aromatic N) is 5. The summed E-state index contributed by atoms with van der Waals surface area (Å²) >= 11 is 0. The summed E-state index contributed by atoms with van der Waals surface area (Å²) in [6.45, 7) is 1.58. The molecule has 9 nitrogen and oxygen atoms in total. The minimum Gasteiger partial charge on any atom is -0.497 e. The Hall–Kier alpha value is -3.69. The molecule has 0 spiro atoms. The Morgan fingerprint density at radius 2 is 1.96 bits per heavy atom. The summed E-state index contributed by atoms with van der Waals surface area (Å²) in [4.78, 5) is 15.8. The molecule has 0 amide bonds. The van der Waals surface area contributed by atoms with Gasteiger partial charge in [-0.15, -0.1) is 0 Å². The Kier molecular flexibility index (Phi) is 4.40. The van der Waals surface area contributed by atoms with Gasteiger partial charge in [-0.05, 0) is 58.6 Å². The first-order chi connectivity index (χ1) is 12.4. The SMILES string of the molecule is COc1ccc(-n2nc([N+](=O)[O-])c(=Nc3ccc(C)c(F)c3)n2O)cc1. The van der Waals surface area contributed by atoms with E-state index in [-0.39, 0.29) is 5.69 Å². The van der Waals surface area contributed by atoms with E-state index in [2.05, 4.69) is 10.1 Å². The van der Waals surface area contributed by atoms with Crippen molar-refractivity contribution < 1.29 is 19.3 Å². The van der Waals surface area contributed by atoms with E-state index in [4.69, 9.17) is 4.74 Å². The van der Waals surface area contributed by atoms with Gasteiger partial charge in [0, 0.05) is 0 Å². The number of aryl methyl sites for hydroxylation is 1. The van der Waals surface area contributed by atoms with Gasteiger partial charge in [-0.25, -0.2) is 9.38 Å². The van der Waals surface area contributed by atoms with E-state index < -0.39 is 22.0 Å². The van der Waals surface area contributed by atoms with Crippen LogP contribution in [0.15, 0.2) is 47.5 Å². The van der Waals surface area contributed by atoms with Gasteiger partial charge in [-0.3, -0.25) is 0 Å². The van der Waals surface area contributed by atoms with Crippen LogP contribution in [0.5, 0.6) is 5.75 Å². The standard InChI is InChI=1S/C16H14FN5O4/c1-10-3-4-11(9-14(10)17)18-15-16(22(24)25)19-20(21(15)23)12-5-7-13(26-2)8-6-12/h3-9,23H,1-2H3. The Balaban J connectivity index is 2.18. The highest BCUT2D eigenvalue weighted by Crippen LogP contribution is 2.18. The average molecular weight is 359 g/mol. The quantitative estimate of drug-likeness (QED) is 0.437. The lowest BCUT2D eigenvalue weighted by molar-refractivity contribution is -0.391. The smallest absolute Gasteiger partial charge is 0.438 e. The van der Waals surface area contributed by atoms with Gasteiger partial charge in [-0.1, -0.05) is 10.9 Å². The molecule has 0 radical (unpaired) electrons.